The first-order chi connectivity index (χ1) is 14.1. The van der Waals surface area contributed by atoms with E-state index in [0.717, 1.165) is 34.4 Å². The minimum absolute atomic E-state index is 0.144. The summed E-state index contributed by atoms with van der Waals surface area (Å²) in [5.41, 5.74) is -0.611. The van der Waals surface area contributed by atoms with Crippen molar-refractivity contribution in [3.05, 3.63) is 92.0 Å². The summed E-state index contributed by atoms with van der Waals surface area (Å²) < 4.78 is 38.5. The number of benzene rings is 3. The molecule has 0 heterocycles. The molecule has 3 aromatic carbocycles. The van der Waals surface area contributed by atoms with Crippen molar-refractivity contribution in [3.8, 4) is 0 Å². The summed E-state index contributed by atoms with van der Waals surface area (Å²) in [4.78, 5) is 12.2. The summed E-state index contributed by atoms with van der Waals surface area (Å²) in [5, 5.41) is 12.2. The van der Waals surface area contributed by atoms with Crippen LogP contribution < -0.4 is 0 Å². The molecular formula is C20H12Cl2F3NO2S2. The summed E-state index contributed by atoms with van der Waals surface area (Å²) in [6, 6.07) is 15.2. The largest absolute Gasteiger partial charge is 0.416 e. The molecule has 0 spiro atoms. The fourth-order valence-electron chi connectivity index (χ4n) is 2.44. The molecule has 0 saturated carbocycles. The van der Waals surface area contributed by atoms with E-state index in [1.165, 1.54) is 0 Å². The maximum Gasteiger partial charge on any atom is 0.416 e. The Morgan fingerprint density at radius 1 is 0.900 bits per heavy atom. The van der Waals surface area contributed by atoms with Crippen LogP contribution in [0, 0.1) is 10.1 Å². The van der Waals surface area contributed by atoms with Crippen LogP contribution in [0.1, 0.15) is 11.1 Å². The monoisotopic (exact) mass is 489 g/mol. The molecule has 0 bridgehead atoms. The predicted molar refractivity (Wildman–Crippen MR) is 115 cm³/mol. The molecule has 0 aliphatic rings. The molecule has 0 unspecified atom stereocenters. The van der Waals surface area contributed by atoms with Crippen molar-refractivity contribution < 1.29 is 18.1 Å². The molecule has 30 heavy (non-hydrogen) atoms. The zero-order valence-electron chi connectivity index (χ0n) is 15.0. The molecule has 0 fully saturated rings. The van der Waals surface area contributed by atoms with E-state index in [2.05, 4.69) is 0 Å². The van der Waals surface area contributed by atoms with Gasteiger partial charge in [-0.25, -0.2) is 0 Å². The van der Waals surface area contributed by atoms with Crippen molar-refractivity contribution in [2.24, 2.45) is 0 Å². The second kappa shape index (κ2) is 9.51. The standard InChI is InChI=1S/C20H12Cl2F3NO2S2/c21-16-7-6-15(10-17(16)22)29-11-12-1-4-14(5-2-12)30-19-8-3-13(20(23,24)25)9-18(19)26(27)28/h1-10H,11H2. The van der Waals surface area contributed by atoms with Crippen LogP contribution in [-0.2, 0) is 11.9 Å². The summed E-state index contributed by atoms with van der Waals surface area (Å²) in [6.45, 7) is 0. The molecule has 0 aliphatic carbocycles. The fraction of sp³-hybridized carbons (Fsp3) is 0.100. The molecule has 3 rings (SSSR count). The van der Waals surface area contributed by atoms with E-state index in [9.17, 15) is 23.3 Å². The Kier molecular flexibility index (Phi) is 7.23. The number of nitrogens with zero attached hydrogens (tertiary/aromatic N) is 1. The molecule has 10 heteroatoms. The number of thioether (sulfide) groups is 1. The molecule has 3 aromatic rings. The summed E-state index contributed by atoms with van der Waals surface area (Å²) in [7, 11) is 0. The van der Waals surface area contributed by atoms with Gasteiger partial charge in [-0.3, -0.25) is 10.1 Å². The van der Waals surface area contributed by atoms with Gasteiger partial charge in [-0.05, 0) is 48.0 Å². The highest BCUT2D eigenvalue weighted by Gasteiger charge is 2.33. The zero-order valence-corrected chi connectivity index (χ0v) is 18.1. The Labute approximate surface area is 188 Å². The van der Waals surface area contributed by atoms with Crippen LogP contribution in [0.4, 0.5) is 18.9 Å². The average molecular weight is 490 g/mol. The number of hydrogen-bond acceptors (Lipinski definition) is 4. The third-order valence-corrected chi connectivity index (χ3v) is 6.81. The van der Waals surface area contributed by atoms with Crippen LogP contribution >= 0.6 is 46.7 Å². The van der Waals surface area contributed by atoms with E-state index in [-0.39, 0.29) is 4.90 Å². The topological polar surface area (TPSA) is 43.1 Å². The lowest BCUT2D eigenvalue weighted by Crippen LogP contribution is -2.05. The van der Waals surface area contributed by atoms with Gasteiger partial charge in [0, 0.05) is 21.6 Å². The number of nitro benzene ring substituents is 1. The number of alkyl halides is 3. The van der Waals surface area contributed by atoms with Crippen molar-refractivity contribution in [1.29, 1.82) is 0 Å². The van der Waals surface area contributed by atoms with Gasteiger partial charge in [-0.15, -0.1) is 11.8 Å². The zero-order chi connectivity index (χ0) is 21.9. The number of nitro groups is 1. The highest BCUT2D eigenvalue weighted by Crippen LogP contribution is 2.39. The molecule has 156 valence electrons. The maximum atomic E-state index is 12.8. The van der Waals surface area contributed by atoms with Gasteiger partial charge in [0.1, 0.15) is 0 Å². The Morgan fingerprint density at radius 3 is 2.17 bits per heavy atom. The Morgan fingerprint density at radius 2 is 1.57 bits per heavy atom. The molecule has 0 amide bonds. The van der Waals surface area contributed by atoms with Crippen LogP contribution in [0.25, 0.3) is 0 Å². The van der Waals surface area contributed by atoms with Crippen LogP contribution in [0.3, 0.4) is 0 Å². The van der Waals surface area contributed by atoms with Crippen LogP contribution in [0.15, 0.2) is 75.4 Å². The van der Waals surface area contributed by atoms with Crippen molar-refractivity contribution in [2.75, 3.05) is 0 Å². The first-order valence-electron chi connectivity index (χ1n) is 8.34. The number of hydrogen-bond donors (Lipinski definition) is 0. The van der Waals surface area contributed by atoms with Crippen molar-refractivity contribution in [3.63, 3.8) is 0 Å². The lowest BCUT2D eigenvalue weighted by molar-refractivity contribution is -0.388. The lowest BCUT2D eigenvalue weighted by atomic mass is 10.2. The van der Waals surface area contributed by atoms with Gasteiger partial charge < -0.3 is 0 Å². The Balaban J connectivity index is 1.71. The van der Waals surface area contributed by atoms with Crippen molar-refractivity contribution >= 4 is 52.4 Å². The fourth-order valence-corrected chi connectivity index (χ4v) is 4.59. The second-order valence-corrected chi connectivity index (χ2v) is 9.03. The van der Waals surface area contributed by atoms with E-state index in [4.69, 9.17) is 23.2 Å². The summed E-state index contributed by atoms with van der Waals surface area (Å²) in [6.07, 6.45) is -4.64. The normalized spacial score (nSPS) is 11.5. The van der Waals surface area contributed by atoms with Crippen molar-refractivity contribution in [1.82, 2.24) is 0 Å². The Bertz CT molecular complexity index is 1080. The van der Waals surface area contributed by atoms with Gasteiger partial charge in [-0.2, -0.15) is 13.2 Å². The first kappa shape index (κ1) is 22.8. The van der Waals surface area contributed by atoms with E-state index >= 15 is 0 Å². The van der Waals surface area contributed by atoms with E-state index in [1.807, 2.05) is 18.2 Å². The van der Waals surface area contributed by atoms with Crippen LogP contribution in [0.5, 0.6) is 0 Å². The number of halogens is 5. The van der Waals surface area contributed by atoms with Gasteiger partial charge in [0.15, 0.2) is 0 Å². The second-order valence-electron chi connectivity index (χ2n) is 6.05. The average Bonchev–Trinajstić information content (AvgIpc) is 2.69. The number of rotatable bonds is 6. The van der Waals surface area contributed by atoms with Crippen LogP contribution in [-0.4, -0.2) is 4.92 Å². The SMILES string of the molecule is O=[N+]([O-])c1cc(C(F)(F)F)ccc1Sc1ccc(CSc2ccc(Cl)c(Cl)c2)cc1. The lowest BCUT2D eigenvalue weighted by Gasteiger charge is -2.09. The third kappa shape index (κ3) is 5.85. The molecule has 0 aromatic heterocycles. The molecule has 0 N–H and O–H groups in total. The molecule has 0 atom stereocenters. The molecule has 0 saturated heterocycles. The van der Waals surface area contributed by atoms with Crippen molar-refractivity contribution in [2.45, 2.75) is 26.6 Å². The van der Waals surface area contributed by atoms with Gasteiger partial charge in [0.25, 0.3) is 5.69 Å². The van der Waals surface area contributed by atoms with Crippen LogP contribution in [0.2, 0.25) is 10.0 Å². The minimum atomic E-state index is -4.64. The van der Waals surface area contributed by atoms with E-state index < -0.39 is 22.4 Å². The minimum Gasteiger partial charge on any atom is -0.258 e. The summed E-state index contributed by atoms with van der Waals surface area (Å²) >= 11 is 14.5. The van der Waals surface area contributed by atoms with E-state index in [1.54, 1.807) is 36.0 Å². The highest BCUT2D eigenvalue weighted by molar-refractivity contribution is 7.99. The van der Waals surface area contributed by atoms with Gasteiger partial charge in [-0.1, -0.05) is 47.1 Å². The molecule has 3 nitrogen and oxygen atoms in total. The molecule has 0 radical (unpaired) electrons. The Hall–Kier alpha value is -1.87. The smallest absolute Gasteiger partial charge is 0.258 e. The maximum absolute atomic E-state index is 12.8. The molecule has 0 aliphatic heterocycles. The predicted octanol–water partition coefficient (Wildman–Crippen LogP) is 8.36. The highest BCUT2D eigenvalue weighted by atomic mass is 35.5. The van der Waals surface area contributed by atoms with Gasteiger partial charge in [0.05, 0.1) is 25.4 Å². The third-order valence-electron chi connectivity index (χ3n) is 3.93. The molecular weight excluding hydrogens is 478 g/mol. The van der Waals surface area contributed by atoms with Gasteiger partial charge in [0.2, 0.25) is 0 Å². The first-order valence-corrected chi connectivity index (χ1v) is 10.9. The summed E-state index contributed by atoms with van der Waals surface area (Å²) in [5.74, 6) is 0.670. The van der Waals surface area contributed by atoms with Gasteiger partial charge >= 0.3 is 6.18 Å². The quantitative estimate of drug-likeness (QED) is 0.198. The van der Waals surface area contributed by atoms with E-state index in [0.29, 0.717) is 26.8 Å².